The molecule has 0 unspecified atom stereocenters. The lowest BCUT2D eigenvalue weighted by molar-refractivity contribution is -0.138. The van der Waals surface area contributed by atoms with Gasteiger partial charge in [-0.1, -0.05) is 98.8 Å². The van der Waals surface area contributed by atoms with Crippen LogP contribution in [0.4, 0.5) is 0 Å². The van der Waals surface area contributed by atoms with Crippen LogP contribution in [0.2, 0.25) is 0 Å². The Hall–Kier alpha value is -4.23. The topological polar surface area (TPSA) is 69.9 Å². The highest BCUT2D eigenvalue weighted by Gasteiger charge is 2.35. The zero-order valence-corrected chi connectivity index (χ0v) is 24.6. The molecule has 0 bridgehead atoms. The van der Waals surface area contributed by atoms with Crippen LogP contribution in [0.25, 0.3) is 11.8 Å². The highest BCUT2D eigenvalue weighted by Crippen LogP contribution is 2.35. The molecule has 0 spiro atoms. The second-order valence-electron chi connectivity index (χ2n) is 10.2. The molecule has 210 valence electrons. The summed E-state index contributed by atoms with van der Waals surface area (Å²) < 4.78 is 13.4. The van der Waals surface area contributed by atoms with Crippen LogP contribution in [0.3, 0.4) is 0 Å². The van der Waals surface area contributed by atoms with Crippen LogP contribution >= 0.6 is 11.3 Å². The first kappa shape index (κ1) is 28.3. The molecule has 3 aromatic carbocycles. The van der Waals surface area contributed by atoms with Gasteiger partial charge in [-0.05, 0) is 54.2 Å². The van der Waals surface area contributed by atoms with Crippen LogP contribution in [-0.2, 0) is 9.53 Å². The van der Waals surface area contributed by atoms with Crippen LogP contribution in [0.1, 0.15) is 68.3 Å². The van der Waals surface area contributed by atoms with E-state index >= 15 is 0 Å². The van der Waals surface area contributed by atoms with E-state index in [1.54, 1.807) is 11.5 Å². The van der Waals surface area contributed by atoms with Crippen molar-refractivity contribution in [2.24, 2.45) is 4.99 Å². The molecule has 41 heavy (non-hydrogen) atoms. The van der Waals surface area contributed by atoms with Gasteiger partial charge in [-0.25, -0.2) is 9.79 Å². The van der Waals surface area contributed by atoms with Crippen LogP contribution in [0, 0.1) is 0 Å². The number of aromatic nitrogens is 1. The SMILES string of the molecule is CCCOc1ccc(/C=c2\sc3n(c2=O)[C@@H](c2ccc(C(C)C)cc2)C(C(=O)OCC)=C(c2ccccc2)N=3)cc1. The van der Waals surface area contributed by atoms with Crippen molar-refractivity contribution in [1.29, 1.82) is 0 Å². The van der Waals surface area contributed by atoms with Gasteiger partial charge in [-0.15, -0.1) is 0 Å². The molecule has 0 amide bonds. The van der Waals surface area contributed by atoms with Gasteiger partial charge in [0, 0.05) is 5.56 Å². The van der Waals surface area contributed by atoms with Crippen molar-refractivity contribution >= 4 is 29.1 Å². The number of rotatable bonds is 9. The van der Waals surface area contributed by atoms with Gasteiger partial charge in [0.1, 0.15) is 5.75 Å². The summed E-state index contributed by atoms with van der Waals surface area (Å²) in [5.74, 6) is 0.664. The minimum absolute atomic E-state index is 0.202. The third-order valence-electron chi connectivity index (χ3n) is 6.94. The number of ether oxygens (including phenoxy) is 2. The molecular weight excluding hydrogens is 532 g/mol. The number of esters is 1. The molecule has 1 aliphatic rings. The van der Waals surface area contributed by atoms with Gasteiger partial charge in [0.25, 0.3) is 5.56 Å². The fourth-order valence-electron chi connectivity index (χ4n) is 4.85. The van der Waals surface area contributed by atoms with E-state index in [1.807, 2.05) is 72.8 Å². The molecule has 5 rings (SSSR count). The van der Waals surface area contributed by atoms with E-state index in [-0.39, 0.29) is 12.2 Å². The van der Waals surface area contributed by atoms with Crippen molar-refractivity contribution < 1.29 is 14.3 Å². The Morgan fingerprint density at radius 3 is 2.34 bits per heavy atom. The number of hydrogen-bond acceptors (Lipinski definition) is 6. The number of thiazole rings is 1. The second kappa shape index (κ2) is 12.5. The Kier molecular flexibility index (Phi) is 8.64. The fraction of sp³-hybridized carbons (Fsp3) is 0.265. The minimum Gasteiger partial charge on any atom is -0.494 e. The molecule has 0 saturated carbocycles. The van der Waals surface area contributed by atoms with Gasteiger partial charge in [0.05, 0.1) is 35.1 Å². The quantitative estimate of drug-likeness (QED) is 0.239. The monoisotopic (exact) mass is 566 g/mol. The van der Waals surface area contributed by atoms with Gasteiger partial charge in [-0.3, -0.25) is 9.36 Å². The molecule has 6 nitrogen and oxygen atoms in total. The van der Waals surface area contributed by atoms with Crippen LogP contribution in [-0.4, -0.2) is 23.8 Å². The Labute approximate surface area is 243 Å². The molecule has 1 aromatic heterocycles. The molecule has 1 aliphatic heterocycles. The molecule has 0 radical (unpaired) electrons. The van der Waals surface area contributed by atoms with E-state index in [4.69, 9.17) is 14.5 Å². The van der Waals surface area contributed by atoms with Crippen molar-refractivity contribution in [3.8, 4) is 5.75 Å². The lowest BCUT2D eigenvalue weighted by Crippen LogP contribution is -2.40. The van der Waals surface area contributed by atoms with Crippen molar-refractivity contribution in [2.45, 2.75) is 46.1 Å². The predicted octanol–water partition coefficient (Wildman–Crippen LogP) is 5.85. The molecule has 7 heteroatoms. The number of fused-ring (bicyclic) bond motifs is 1. The summed E-state index contributed by atoms with van der Waals surface area (Å²) in [5, 5.41) is 0. The number of carbonyl (C=O) groups excluding carboxylic acids is 1. The first-order valence-corrected chi connectivity index (χ1v) is 14.8. The molecular formula is C34H34N2O4S. The normalized spacial score (nSPS) is 15.0. The number of nitrogens with zero attached hydrogens (tertiary/aromatic N) is 2. The standard InChI is InChI=1S/C34H34N2O4S/c1-5-20-40-27-18-12-23(13-19-27)21-28-32(37)36-31(26-16-14-24(15-17-26)22(3)4)29(33(38)39-6-2)30(35-34(36)41-28)25-10-8-7-9-11-25/h7-19,21-22,31H,5-6,20H2,1-4H3/b28-21-/t31-/m0/s1. The largest absolute Gasteiger partial charge is 0.494 e. The lowest BCUT2D eigenvalue weighted by Gasteiger charge is -2.26. The molecule has 4 aromatic rings. The van der Waals surface area contributed by atoms with E-state index < -0.39 is 12.0 Å². The summed E-state index contributed by atoms with van der Waals surface area (Å²) in [6, 6.07) is 24.7. The molecule has 0 aliphatic carbocycles. The summed E-state index contributed by atoms with van der Waals surface area (Å²) in [4.78, 5) is 33.1. The van der Waals surface area contributed by atoms with Gasteiger partial charge in [0.15, 0.2) is 4.80 Å². The minimum atomic E-state index is -0.686. The molecule has 1 atom stereocenters. The number of hydrogen-bond donors (Lipinski definition) is 0. The average Bonchev–Trinajstić information content (AvgIpc) is 3.30. The van der Waals surface area contributed by atoms with Crippen molar-refractivity contribution in [3.63, 3.8) is 0 Å². The highest BCUT2D eigenvalue weighted by atomic mass is 32.1. The van der Waals surface area contributed by atoms with E-state index in [2.05, 4.69) is 32.9 Å². The van der Waals surface area contributed by atoms with E-state index in [0.717, 1.165) is 28.9 Å². The van der Waals surface area contributed by atoms with Gasteiger partial charge >= 0.3 is 5.97 Å². The maximum Gasteiger partial charge on any atom is 0.338 e. The molecule has 0 saturated heterocycles. The van der Waals surface area contributed by atoms with Crippen LogP contribution in [0.15, 0.2) is 94.2 Å². The zero-order chi connectivity index (χ0) is 28.9. The molecule has 0 N–H and O–H groups in total. The smallest absolute Gasteiger partial charge is 0.338 e. The lowest BCUT2D eigenvalue weighted by atomic mass is 9.91. The van der Waals surface area contributed by atoms with Crippen LogP contribution in [0.5, 0.6) is 5.75 Å². The number of carbonyl (C=O) groups is 1. The van der Waals surface area contributed by atoms with Crippen molar-refractivity contribution in [3.05, 3.63) is 126 Å². The highest BCUT2D eigenvalue weighted by molar-refractivity contribution is 7.07. The summed E-state index contributed by atoms with van der Waals surface area (Å²) in [5.41, 5.74) is 4.35. The third kappa shape index (κ3) is 5.95. The number of benzene rings is 3. The second-order valence-corrected chi connectivity index (χ2v) is 11.2. The third-order valence-corrected chi connectivity index (χ3v) is 7.93. The van der Waals surface area contributed by atoms with Gasteiger partial charge in [0.2, 0.25) is 0 Å². The maximum absolute atomic E-state index is 14.0. The van der Waals surface area contributed by atoms with Crippen molar-refractivity contribution in [1.82, 2.24) is 4.57 Å². The Morgan fingerprint density at radius 2 is 1.71 bits per heavy atom. The average molecular weight is 567 g/mol. The summed E-state index contributed by atoms with van der Waals surface area (Å²) in [7, 11) is 0. The molecule has 0 fully saturated rings. The Balaban J connectivity index is 1.72. The van der Waals surface area contributed by atoms with E-state index in [9.17, 15) is 9.59 Å². The first-order valence-electron chi connectivity index (χ1n) is 14.0. The fourth-order valence-corrected chi connectivity index (χ4v) is 5.85. The maximum atomic E-state index is 14.0. The van der Waals surface area contributed by atoms with E-state index in [0.29, 0.717) is 33.1 Å². The predicted molar refractivity (Wildman–Crippen MR) is 164 cm³/mol. The summed E-state index contributed by atoms with van der Waals surface area (Å²) in [6.07, 6.45) is 2.80. The van der Waals surface area contributed by atoms with Gasteiger partial charge in [-0.2, -0.15) is 0 Å². The molecule has 2 heterocycles. The van der Waals surface area contributed by atoms with Crippen LogP contribution < -0.4 is 19.6 Å². The zero-order valence-electron chi connectivity index (χ0n) is 23.8. The Bertz CT molecular complexity index is 1730. The Morgan fingerprint density at radius 1 is 1.00 bits per heavy atom. The van der Waals surface area contributed by atoms with Gasteiger partial charge < -0.3 is 9.47 Å². The van der Waals surface area contributed by atoms with Crippen molar-refractivity contribution in [2.75, 3.05) is 13.2 Å². The summed E-state index contributed by atoms with van der Waals surface area (Å²) >= 11 is 1.32. The van der Waals surface area contributed by atoms with E-state index in [1.165, 1.54) is 16.9 Å². The summed E-state index contributed by atoms with van der Waals surface area (Å²) in [6.45, 7) is 8.99. The first-order chi connectivity index (χ1) is 19.9.